The van der Waals surface area contributed by atoms with Gasteiger partial charge in [-0.1, -0.05) is 146 Å². The molecule has 0 bridgehead atoms. The summed E-state index contributed by atoms with van der Waals surface area (Å²) < 4.78 is 33.8. The number of benzene rings is 5. The van der Waals surface area contributed by atoms with Crippen molar-refractivity contribution >= 4 is 46.1 Å². The minimum atomic E-state index is -3.47. The lowest BCUT2D eigenvalue weighted by Gasteiger charge is -2.31. The van der Waals surface area contributed by atoms with E-state index in [2.05, 4.69) is 146 Å². The molecule has 0 radical (unpaired) electrons. The van der Waals surface area contributed by atoms with Crippen molar-refractivity contribution in [2.45, 2.75) is 107 Å². The fourth-order valence-corrected chi connectivity index (χ4v) is 16.0. The third-order valence-corrected chi connectivity index (χ3v) is 17.5. The molecule has 5 rings (SSSR count). The topological polar surface area (TPSA) is 34.1 Å². The van der Waals surface area contributed by atoms with Crippen molar-refractivity contribution in [2.24, 2.45) is 0 Å². The van der Waals surface area contributed by atoms with Gasteiger partial charge in [-0.3, -0.25) is 0 Å². The highest BCUT2D eigenvalue weighted by Crippen LogP contribution is 2.50. The molecule has 0 spiro atoms. The molecule has 0 saturated carbocycles. The number of hydrogen-bond donors (Lipinski definition) is 0. The van der Waals surface area contributed by atoms with Crippen LogP contribution in [0.1, 0.15) is 99.9 Å². The third-order valence-electron chi connectivity index (χ3n) is 10.7. The summed E-state index contributed by atoms with van der Waals surface area (Å²) >= 11 is 0. The molecule has 5 aromatic rings. The van der Waals surface area contributed by atoms with Crippen LogP contribution in [0.3, 0.4) is 0 Å². The lowest BCUT2D eigenvalue weighted by Crippen LogP contribution is -2.37. The summed E-state index contributed by atoms with van der Waals surface area (Å²) in [5.74, 6) is 0. The summed E-state index contributed by atoms with van der Waals surface area (Å²) in [5, 5.41) is 5.44. The number of hydrogen-bond acceptors (Lipinski definition) is 2. The molecular formula is C46H56O2P2. The predicted molar refractivity (Wildman–Crippen MR) is 220 cm³/mol. The van der Waals surface area contributed by atoms with E-state index in [1.54, 1.807) is 0 Å². The summed E-state index contributed by atoms with van der Waals surface area (Å²) in [4.78, 5) is 0. The molecule has 5 aromatic carbocycles. The Morgan fingerprint density at radius 3 is 0.680 bits per heavy atom. The molecule has 0 aromatic heterocycles. The normalized spacial score (nSPS) is 12.0. The van der Waals surface area contributed by atoms with Gasteiger partial charge in [-0.15, -0.1) is 0 Å². The highest BCUT2D eigenvalue weighted by molar-refractivity contribution is 7.87. The van der Waals surface area contributed by atoms with E-state index in [0.29, 0.717) is 0 Å². The first-order chi connectivity index (χ1) is 24.2. The molecule has 2 nitrogen and oxygen atoms in total. The number of rotatable bonds is 14. The van der Waals surface area contributed by atoms with Gasteiger partial charge in [0.1, 0.15) is 0 Å². The summed E-state index contributed by atoms with van der Waals surface area (Å²) in [7, 11) is -6.94. The Balaban J connectivity index is 2.01. The van der Waals surface area contributed by atoms with Gasteiger partial charge in [-0.05, 0) is 102 Å². The van der Waals surface area contributed by atoms with Crippen molar-refractivity contribution in [1.82, 2.24) is 0 Å². The Morgan fingerprint density at radius 2 is 0.500 bits per heavy atom. The molecule has 0 aliphatic heterocycles. The van der Waals surface area contributed by atoms with E-state index in [1.807, 2.05) is 6.07 Å². The average Bonchev–Trinajstić information content (AvgIpc) is 3.18. The third kappa shape index (κ3) is 6.44. The molecule has 0 aliphatic rings. The maximum Gasteiger partial charge on any atom is 0.172 e. The summed E-state index contributed by atoms with van der Waals surface area (Å²) in [6, 6.07) is 34.0. The van der Waals surface area contributed by atoms with Crippen LogP contribution in [0.4, 0.5) is 0 Å². The second kappa shape index (κ2) is 16.3. The van der Waals surface area contributed by atoms with Crippen molar-refractivity contribution in [1.29, 1.82) is 0 Å². The molecule has 0 unspecified atom stereocenters. The molecule has 50 heavy (non-hydrogen) atoms. The summed E-state index contributed by atoms with van der Waals surface area (Å²) in [6.45, 7) is 17.3. The number of aryl methyl sites for hydroxylation is 8. The van der Waals surface area contributed by atoms with E-state index in [-0.39, 0.29) is 0 Å². The minimum absolute atomic E-state index is 0.778. The van der Waals surface area contributed by atoms with Gasteiger partial charge >= 0.3 is 0 Å². The van der Waals surface area contributed by atoms with Crippen LogP contribution in [-0.2, 0) is 60.5 Å². The quantitative estimate of drug-likeness (QED) is 0.108. The fraction of sp³-hybridized carbons (Fsp3) is 0.348. The maximum atomic E-state index is 16.9. The van der Waals surface area contributed by atoms with Gasteiger partial charge in [-0.2, -0.15) is 0 Å². The Bertz CT molecular complexity index is 1720. The van der Waals surface area contributed by atoms with E-state index in [4.69, 9.17) is 0 Å². The zero-order valence-corrected chi connectivity index (χ0v) is 33.4. The van der Waals surface area contributed by atoms with Crippen LogP contribution in [0, 0.1) is 0 Å². The molecule has 262 valence electrons. The molecule has 0 saturated heterocycles. The highest BCUT2D eigenvalue weighted by Gasteiger charge is 2.41. The van der Waals surface area contributed by atoms with Crippen LogP contribution < -0.4 is 31.8 Å². The highest BCUT2D eigenvalue weighted by atomic mass is 31.2. The first-order valence-corrected chi connectivity index (χ1v) is 22.4. The van der Waals surface area contributed by atoms with Gasteiger partial charge in [0, 0.05) is 31.8 Å². The molecule has 0 heterocycles. The largest absolute Gasteiger partial charge is 0.309 e. The summed E-state index contributed by atoms with van der Waals surface area (Å²) in [5.41, 5.74) is 9.03. The molecule has 0 atom stereocenters. The Hall–Kier alpha value is -3.44. The van der Waals surface area contributed by atoms with E-state index in [1.165, 1.54) is 0 Å². The van der Waals surface area contributed by atoms with Gasteiger partial charge in [0.15, 0.2) is 14.3 Å². The van der Waals surface area contributed by atoms with Crippen LogP contribution in [0.25, 0.3) is 0 Å². The van der Waals surface area contributed by atoms with Gasteiger partial charge in [0.25, 0.3) is 0 Å². The summed E-state index contributed by atoms with van der Waals surface area (Å²) in [6.07, 6.45) is 6.29. The molecule has 4 heteroatoms. The van der Waals surface area contributed by atoms with Crippen LogP contribution in [0.2, 0.25) is 0 Å². The second-order valence-corrected chi connectivity index (χ2v) is 18.5. The predicted octanol–water partition coefficient (Wildman–Crippen LogP) is 9.46. The molecule has 0 N–H and O–H groups in total. The van der Waals surface area contributed by atoms with Gasteiger partial charge < -0.3 is 9.13 Å². The van der Waals surface area contributed by atoms with Crippen LogP contribution in [-0.4, -0.2) is 0 Å². The van der Waals surface area contributed by atoms with Crippen molar-refractivity contribution in [2.75, 3.05) is 0 Å². The second-order valence-electron chi connectivity index (χ2n) is 13.3. The first kappa shape index (κ1) is 37.8. The zero-order chi connectivity index (χ0) is 36.1. The average molecular weight is 703 g/mol. The van der Waals surface area contributed by atoms with Crippen LogP contribution in [0.15, 0.2) is 97.1 Å². The standard InChI is InChI=1S/C46H56O2P2/c1-9-33-22-17-23-34(10-2)43(33)49(47,44-35(11-3)24-18-25-36(44)12-4)41-30-21-31-42(32-41)50(48,45-37(13-5)26-19-27-38(45)14-6)46-39(15-7)28-20-29-40(46)16-8/h17-32H,9-16H2,1-8H3. The monoisotopic (exact) mass is 702 g/mol. The molecule has 0 amide bonds. The van der Waals surface area contributed by atoms with Crippen LogP contribution in [0.5, 0.6) is 0 Å². The first-order valence-electron chi connectivity index (χ1n) is 19.0. The van der Waals surface area contributed by atoms with Crippen molar-refractivity contribution in [3.63, 3.8) is 0 Å². The maximum absolute atomic E-state index is 16.9. The minimum Gasteiger partial charge on any atom is -0.309 e. The van der Waals surface area contributed by atoms with Crippen molar-refractivity contribution < 1.29 is 9.13 Å². The Morgan fingerprint density at radius 1 is 0.320 bits per heavy atom. The zero-order valence-electron chi connectivity index (χ0n) is 31.6. The Kier molecular flexibility index (Phi) is 12.3. The molecule has 0 fully saturated rings. The van der Waals surface area contributed by atoms with Crippen molar-refractivity contribution in [3.8, 4) is 0 Å². The Labute approximate surface area is 302 Å². The molecular weight excluding hydrogens is 646 g/mol. The van der Waals surface area contributed by atoms with Crippen molar-refractivity contribution in [3.05, 3.63) is 142 Å². The lowest BCUT2D eigenvalue weighted by atomic mass is 10.1. The van der Waals surface area contributed by atoms with E-state index in [0.717, 1.165) is 128 Å². The fourth-order valence-electron chi connectivity index (χ4n) is 8.10. The smallest absolute Gasteiger partial charge is 0.172 e. The lowest BCUT2D eigenvalue weighted by molar-refractivity contribution is 0.591. The van der Waals surface area contributed by atoms with Gasteiger partial charge in [0.2, 0.25) is 0 Å². The van der Waals surface area contributed by atoms with E-state index in [9.17, 15) is 0 Å². The SMILES string of the molecule is CCc1cccc(CC)c1P(=O)(c1cccc(P(=O)(c2c(CC)cccc2CC)c2c(CC)cccc2CC)c1)c1c(CC)cccc1CC. The van der Waals surface area contributed by atoms with Gasteiger partial charge in [-0.25, -0.2) is 0 Å². The van der Waals surface area contributed by atoms with Gasteiger partial charge in [0.05, 0.1) is 0 Å². The van der Waals surface area contributed by atoms with E-state index < -0.39 is 14.3 Å². The van der Waals surface area contributed by atoms with E-state index >= 15 is 9.13 Å². The molecule has 0 aliphatic carbocycles. The van der Waals surface area contributed by atoms with Crippen LogP contribution >= 0.6 is 14.3 Å².